The SMILES string of the molecule is Cc1cc(/C=C2\SC(=Nc3ccccc3)N(C3CCCCC3)C2=O)c(C)n1-c1cccc(C(F)(F)F)c1. The third-order valence-electron chi connectivity index (χ3n) is 6.95. The van der Waals surface area contributed by atoms with E-state index >= 15 is 0 Å². The second-order valence-electron chi connectivity index (χ2n) is 9.52. The first kappa shape index (κ1) is 25.4. The predicted molar refractivity (Wildman–Crippen MR) is 143 cm³/mol. The number of hydrogen-bond acceptors (Lipinski definition) is 3. The summed E-state index contributed by atoms with van der Waals surface area (Å²) in [5.74, 6) is -0.0598. The molecule has 1 aliphatic carbocycles. The maximum Gasteiger partial charge on any atom is 0.416 e. The number of thioether (sulfide) groups is 1. The van der Waals surface area contributed by atoms with Crippen LogP contribution < -0.4 is 0 Å². The number of aryl methyl sites for hydroxylation is 1. The molecule has 0 atom stereocenters. The van der Waals surface area contributed by atoms with Gasteiger partial charge < -0.3 is 4.57 Å². The summed E-state index contributed by atoms with van der Waals surface area (Å²) in [6.07, 6.45) is 2.71. The monoisotopic (exact) mass is 523 g/mol. The van der Waals surface area contributed by atoms with Crippen LogP contribution in [0.5, 0.6) is 0 Å². The van der Waals surface area contributed by atoms with Gasteiger partial charge in [0.2, 0.25) is 0 Å². The van der Waals surface area contributed by atoms with Gasteiger partial charge in [-0.25, -0.2) is 4.99 Å². The van der Waals surface area contributed by atoms with Crippen LogP contribution >= 0.6 is 11.8 Å². The van der Waals surface area contributed by atoms with Gasteiger partial charge in [-0.3, -0.25) is 9.69 Å². The molecule has 1 amide bonds. The van der Waals surface area contributed by atoms with E-state index in [-0.39, 0.29) is 11.9 Å². The van der Waals surface area contributed by atoms with Crippen molar-refractivity contribution in [1.82, 2.24) is 9.47 Å². The van der Waals surface area contributed by atoms with Gasteiger partial charge in [0.05, 0.1) is 16.2 Å². The van der Waals surface area contributed by atoms with Crippen LogP contribution in [-0.2, 0) is 11.0 Å². The second kappa shape index (κ2) is 10.2. The Bertz CT molecular complexity index is 1370. The molecule has 0 N–H and O–H groups in total. The molecule has 2 heterocycles. The molecule has 0 radical (unpaired) electrons. The third kappa shape index (κ3) is 5.25. The van der Waals surface area contributed by atoms with Gasteiger partial charge in [0.15, 0.2) is 5.17 Å². The van der Waals surface area contributed by atoms with E-state index in [1.54, 1.807) is 10.6 Å². The van der Waals surface area contributed by atoms with E-state index in [9.17, 15) is 18.0 Å². The molecule has 0 unspecified atom stereocenters. The molecule has 1 aliphatic heterocycles. The fourth-order valence-electron chi connectivity index (χ4n) is 5.13. The first-order valence-electron chi connectivity index (χ1n) is 12.5. The Labute approximate surface area is 218 Å². The van der Waals surface area contributed by atoms with E-state index in [4.69, 9.17) is 4.99 Å². The lowest BCUT2D eigenvalue weighted by molar-refractivity contribution is -0.137. The molecule has 1 saturated carbocycles. The lowest BCUT2D eigenvalue weighted by Gasteiger charge is -2.30. The number of aliphatic imine (C=N–C) groups is 1. The average Bonchev–Trinajstić information content (AvgIpc) is 3.34. The van der Waals surface area contributed by atoms with Crippen LogP contribution in [0.3, 0.4) is 0 Å². The van der Waals surface area contributed by atoms with Crippen LogP contribution in [0.25, 0.3) is 11.8 Å². The molecule has 8 heteroatoms. The van der Waals surface area contributed by atoms with E-state index in [1.807, 2.05) is 61.2 Å². The summed E-state index contributed by atoms with van der Waals surface area (Å²) in [7, 11) is 0. The Kier molecular flexibility index (Phi) is 7.03. The maximum absolute atomic E-state index is 13.7. The van der Waals surface area contributed by atoms with E-state index in [0.29, 0.717) is 15.8 Å². The fraction of sp³-hybridized carbons (Fsp3) is 0.310. The lowest BCUT2D eigenvalue weighted by Crippen LogP contribution is -2.40. The summed E-state index contributed by atoms with van der Waals surface area (Å²) in [4.78, 5) is 20.9. The molecular weight excluding hydrogens is 495 g/mol. The molecule has 0 spiro atoms. The Hall–Kier alpha value is -3.26. The zero-order valence-electron chi connectivity index (χ0n) is 20.8. The number of benzene rings is 2. The summed E-state index contributed by atoms with van der Waals surface area (Å²) in [5, 5.41) is 0.682. The fourth-order valence-corrected chi connectivity index (χ4v) is 6.18. The zero-order chi connectivity index (χ0) is 26.2. The molecule has 0 bridgehead atoms. The molecular formula is C29H28F3N3OS. The highest BCUT2D eigenvalue weighted by Gasteiger charge is 2.39. The minimum Gasteiger partial charge on any atom is -0.318 e. The molecule has 2 aromatic carbocycles. The number of halogens is 3. The summed E-state index contributed by atoms with van der Waals surface area (Å²) >= 11 is 1.37. The van der Waals surface area contributed by atoms with Crippen molar-refractivity contribution >= 4 is 34.6 Å². The highest BCUT2D eigenvalue weighted by Crippen LogP contribution is 2.39. The molecule has 5 rings (SSSR count). The Morgan fingerprint density at radius 2 is 1.70 bits per heavy atom. The normalized spacial score (nSPS) is 19.4. The number of carbonyl (C=O) groups is 1. The largest absolute Gasteiger partial charge is 0.416 e. The number of hydrogen-bond donors (Lipinski definition) is 0. The maximum atomic E-state index is 13.7. The van der Waals surface area contributed by atoms with Crippen LogP contribution in [0.1, 0.15) is 54.6 Å². The van der Waals surface area contributed by atoms with Crippen LogP contribution in [0.2, 0.25) is 0 Å². The highest BCUT2D eigenvalue weighted by molar-refractivity contribution is 8.18. The lowest BCUT2D eigenvalue weighted by atomic mass is 9.94. The second-order valence-corrected chi connectivity index (χ2v) is 10.5. The molecule has 1 aromatic heterocycles. The molecule has 4 nitrogen and oxygen atoms in total. The van der Waals surface area contributed by atoms with Gasteiger partial charge in [-0.1, -0.05) is 43.5 Å². The Balaban J connectivity index is 1.52. The van der Waals surface area contributed by atoms with Gasteiger partial charge >= 0.3 is 6.18 Å². The molecule has 2 fully saturated rings. The molecule has 1 saturated heterocycles. The Morgan fingerprint density at radius 3 is 2.41 bits per heavy atom. The number of aromatic nitrogens is 1. The quantitative estimate of drug-likeness (QED) is 0.325. The number of amidine groups is 1. The van der Waals surface area contributed by atoms with Crippen molar-refractivity contribution in [3.8, 4) is 5.69 Å². The van der Waals surface area contributed by atoms with Gasteiger partial charge in [0.1, 0.15) is 0 Å². The van der Waals surface area contributed by atoms with Crippen molar-refractivity contribution in [2.45, 2.75) is 58.2 Å². The van der Waals surface area contributed by atoms with Crippen LogP contribution in [0, 0.1) is 13.8 Å². The summed E-state index contributed by atoms with van der Waals surface area (Å²) < 4.78 is 41.7. The summed E-state index contributed by atoms with van der Waals surface area (Å²) in [6, 6.07) is 17.0. The van der Waals surface area contributed by atoms with Gasteiger partial charge in [0.25, 0.3) is 5.91 Å². The first-order valence-corrected chi connectivity index (χ1v) is 13.3. The molecule has 192 valence electrons. The summed E-state index contributed by atoms with van der Waals surface area (Å²) in [5.41, 5.74) is 2.91. The van der Waals surface area contributed by atoms with Gasteiger partial charge in [-0.05, 0) is 86.5 Å². The minimum atomic E-state index is -4.42. The molecule has 37 heavy (non-hydrogen) atoms. The predicted octanol–water partition coefficient (Wildman–Crippen LogP) is 8.05. The van der Waals surface area contributed by atoms with Crippen molar-refractivity contribution < 1.29 is 18.0 Å². The van der Waals surface area contributed by atoms with Gasteiger partial charge in [-0.15, -0.1) is 0 Å². The first-order chi connectivity index (χ1) is 17.7. The number of alkyl halides is 3. The van der Waals surface area contributed by atoms with Crippen LogP contribution in [0.15, 0.2) is 70.6 Å². The average molecular weight is 524 g/mol. The van der Waals surface area contributed by atoms with Crippen LogP contribution in [0.4, 0.5) is 18.9 Å². The molecule has 2 aliphatic rings. The number of carbonyl (C=O) groups excluding carboxylic acids is 1. The van der Waals surface area contributed by atoms with Crippen molar-refractivity contribution in [2.75, 3.05) is 0 Å². The third-order valence-corrected chi connectivity index (χ3v) is 7.93. The van der Waals surface area contributed by atoms with Crippen molar-refractivity contribution in [3.05, 3.63) is 88.1 Å². The molecule has 3 aromatic rings. The number of para-hydroxylation sites is 1. The minimum absolute atomic E-state index is 0.0598. The Morgan fingerprint density at radius 1 is 0.973 bits per heavy atom. The van der Waals surface area contributed by atoms with Gasteiger partial charge in [0, 0.05) is 23.1 Å². The smallest absolute Gasteiger partial charge is 0.318 e. The topological polar surface area (TPSA) is 37.6 Å². The van der Waals surface area contributed by atoms with E-state index in [0.717, 1.165) is 60.5 Å². The van der Waals surface area contributed by atoms with E-state index in [2.05, 4.69) is 0 Å². The zero-order valence-corrected chi connectivity index (χ0v) is 21.6. The van der Waals surface area contributed by atoms with E-state index < -0.39 is 11.7 Å². The standard InChI is InChI=1S/C29H28F3N3OS/c1-19-16-21(20(2)34(19)25-15-9-10-22(18-25)29(30,31)32)17-26-27(36)35(24-13-7-4-8-14-24)28(37-26)33-23-11-5-3-6-12-23/h3,5-6,9-12,15-18,24H,4,7-8,13-14H2,1-2H3/b26-17-,33-28?. The summed E-state index contributed by atoms with van der Waals surface area (Å²) in [6.45, 7) is 3.72. The number of amides is 1. The van der Waals surface area contributed by atoms with Gasteiger partial charge in [-0.2, -0.15) is 13.2 Å². The van der Waals surface area contributed by atoms with Crippen molar-refractivity contribution in [3.63, 3.8) is 0 Å². The van der Waals surface area contributed by atoms with Crippen molar-refractivity contribution in [1.29, 1.82) is 0 Å². The number of rotatable bonds is 4. The van der Waals surface area contributed by atoms with Crippen molar-refractivity contribution in [2.24, 2.45) is 4.99 Å². The van der Waals surface area contributed by atoms with E-state index in [1.165, 1.54) is 24.2 Å². The van der Waals surface area contributed by atoms with Crippen LogP contribution in [-0.4, -0.2) is 26.6 Å². The highest BCUT2D eigenvalue weighted by atomic mass is 32.2. The number of nitrogens with zero attached hydrogens (tertiary/aromatic N) is 3.